The van der Waals surface area contributed by atoms with Crippen molar-refractivity contribution in [1.82, 2.24) is 0 Å². The minimum absolute atomic E-state index is 0.468. The maximum absolute atomic E-state index is 6.29. The fourth-order valence-electron chi connectivity index (χ4n) is 9.19. The molecular weight excluding hydrogens is 388 g/mol. The Labute approximate surface area is 200 Å². The van der Waals surface area contributed by atoms with Gasteiger partial charge in [0.1, 0.15) is 0 Å². The third kappa shape index (κ3) is 4.63. The Morgan fingerprint density at radius 2 is 1.78 bits per heavy atom. The third-order valence-electron chi connectivity index (χ3n) is 11.1. The van der Waals surface area contributed by atoms with Crippen LogP contribution in [0.3, 0.4) is 0 Å². The largest absolute Gasteiger partial charge is 0.378 e. The summed E-state index contributed by atoms with van der Waals surface area (Å²) in [5, 5.41) is 0. The normalized spacial score (nSPS) is 42.2. The van der Waals surface area contributed by atoms with Crippen molar-refractivity contribution in [2.75, 3.05) is 6.61 Å². The maximum Gasteiger partial charge on any atom is 0.0612 e. The van der Waals surface area contributed by atoms with Crippen molar-refractivity contribution in [1.29, 1.82) is 0 Å². The molecule has 0 saturated heterocycles. The molecule has 3 saturated carbocycles. The number of allylic oxidation sites excluding steroid dienone is 1. The molecule has 0 aromatic rings. The number of ether oxygens (including phenoxy) is 1. The Morgan fingerprint density at radius 1 is 0.969 bits per heavy atom. The molecule has 0 N–H and O–H groups in total. The first kappa shape index (κ1) is 24.8. The third-order valence-corrected chi connectivity index (χ3v) is 11.1. The number of hydrogen-bond donors (Lipinski definition) is 0. The van der Waals surface area contributed by atoms with Gasteiger partial charge in [0.2, 0.25) is 0 Å². The number of unbranched alkanes of at least 4 members (excludes halogenated alkanes) is 1. The van der Waals surface area contributed by atoms with Crippen molar-refractivity contribution in [3.05, 3.63) is 11.6 Å². The zero-order chi connectivity index (χ0) is 22.9. The molecule has 5 unspecified atom stereocenters. The summed E-state index contributed by atoms with van der Waals surface area (Å²) in [5.74, 6) is 5.62. The van der Waals surface area contributed by atoms with Crippen LogP contribution in [-0.2, 0) is 4.74 Å². The summed E-state index contributed by atoms with van der Waals surface area (Å²) < 4.78 is 6.29. The van der Waals surface area contributed by atoms with E-state index in [4.69, 9.17) is 4.74 Å². The average Bonchev–Trinajstić information content (AvgIpc) is 3.11. The van der Waals surface area contributed by atoms with Crippen molar-refractivity contribution in [3.63, 3.8) is 0 Å². The molecule has 4 aliphatic carbocycles. The molecule has 8 atom stereocenters. The molecule has 184 valence electrons. The summed E-state index contributed by atoms with van der Waals surface area (Å²) in [4.78, 5) is 0. The Morgan fingerprint density at radius 3 is 2.53 bits per heavy atom. The predicted octanol–water partition coefficient (Wildman–Crippen LogP) is 9.21. The summed E-state index contributed by atoms with van der Waals surface area (Å²) in [6, 6.07) is 0. The molecule has 1 heteroatoms. The van der Waals surface area contributed by atoms with E-state index >= 15 is 0 Å². The number of fused-ring (bicyclic) bond motifs is 5. The van der Waals surface area contributed by atoms with Gasteiger partial charge in [0.05, 0.1) is 6.10 Å². The minimum Gasteiger partial charge on any atom is -0.378 e. The number of rotatable bonds is 9. The quantitative estimate of drug-likeness (QED) is 0.255. The van der Waals surface area contributed by atoms with Crippen molar-refractivity contribution in [3.8, 4) is 0 Å². The molecule has 0 aliphatic heterocycles. The second-order valence-electron chi connectivity index (χ2n) is 13.4. The van der Waals surface area contributed by atoms with E-state index < -0.39 is 0 Å². The minimum atomic E-state index is 0.468. The molecule has 0 heterocycles. The van der Waals surface area contributed by atoms with Crippen LogP contribution < -0.4 is 0 Å². The van der Waals surface area contributed by atoms with E-state index in [0.29, 0.717) is 16.9 Å². The Balaban J connectivity index is 1.42. The van der Waals surface area contributed by atoms with Crippen LogP contribution in [0.5, 0.6) is 0 Å². The summed E-state index contributed by atoms with van der Waals surface area (Å²) in [6.07, 6.45) is 21.2. The van der Waals surface area contributed by atoms with Crippen molar-refractivity contribution >= 4 is 0 Å². The highest BCUT2D eigenvalue weighted by Gasteiger charge is 2.59. The molecule has 4 rings (SSSR count). The van der Waals surface area contributed by atoms with Crippen LogP contribution in [0.1, 0.15) is 125 Å². The van der Waals surface area contributed by atoms with Crippen LogP contribution in [0, 0.1) is 46.3 Å². The van der Waals surface area contributed by atoms with Gasteiger partial charge in [0.25, 0.3) is 0 Å². The van der Waals surface area contributed by atoms with Crippen LogP contribution in [0.4, 0.5) is 0 Å². The Kier molecular flexibility index (Phi) is 7.86. The van der Waals surface area contributed by atoms with Gasteiger partial charge in [-0.3, -0.25) is 0 Å². The molecule has 3 fully saturated rings. The van der Waals surface area contributed by atoms with E-state index in [0.717, 1.165) is 42.1 Å². The summed E-state index contributed by atoms with van der Waals surface area (Å²) >= 11 is 0. The van der Waals surface area contributed by atoms with Crippen molar-refractivity contribution in [2.45, 2.75) is 131 Å². The second kappa shape index (κ2) is 10.1. The fraction of sp³-hybridized carbons (Fsp3) is 0.935. The highest BCUT2D eigenvalue weighted by Crippen LogP contribution is 2.67. The monoisotopic (exact) mass is 442 g/mol. The molecule has 0 amide bonds. The SMILES string of the molecule is CCCCO[C@H]1CC[C@@]2(C)C(=CCC3C4CCC(C(C)CCCC(C)C)[C@@]4(C)CCC32)C1. The summed E-state index contributed by atoms with van der Waals surface area (Å²) in [7, 11) is 0. The molecule has 0 radical (unpaired) electrons. The lowest BCUT2D eigenvalue weighted by atomic mass is 9.47. The van der Waals surface area contributed by atoms with E-state index in [2.05, 4.69) is 47.6 Å². The standard InChI is InChI=1S/C31H54O/c1-7-8-20-32-25-16-18-30(5)24(21-25)12-13-26-28-15-14-27(23(4)11-9-10-22(2)3)31(28,6)19-17-29(26)30/h12,22-23,25-29H,7-11,13-21H2,1-6H3/t23?,25-,26?,27?,28?,29?,30-,31+/m0/s1. The maximum atomic E-state index is 6.29. The van der Waals surface area contributed by atoms with Crippen LogP contribution in [-0.4, -0.2) is 12.7 Å². The average molecular weight is 443 g/mol. The van der Waals surface area contributed by atoms with Crippen molar-refractivity contribution < 1.29 is 4.74 Å². The van der Waals surface area contributed by atoms with Gasteiger partial charge in [-0.2, -0.15) is 0 Å². The number of hydrogen-bond acceptors (Lipinski definition) is 1. The first-order valence-corrected chi connectivity index (χ1v) is 14.6. The zero-order valence-corrected chi connectivity index (χ0v) is 22.4. The summed E-state index contributed by atoms with van der Waals surface area (Å²) in [6.45, 7) is 16.0. The highest BCUT2D eigenvalue weighted by molar-refractivity contribution is 5.25. The molecule has 0 spiro atoms. The molecule has 0 aromatic carbocycles. The zero-order valence-electron chi connectivity index (χ0n) is 22.4. The van der Waals surface area contributed by atoms with E-state index in [-0.39, 0.29) is 0 Å². The molecule has 1 nitrogen and oxygen atoms in total. The van der Waals surface area contributed by atoms with Gasteiger partial charge < -0.3 is 4.74 Å². The lowest BCUT2D eigenvalue weighted by Crippen LogP contribution is -2.51. The topological polar surface area (TPSA) is 9.23 Å². The lowest BCUT2D eigenvalue weighted by molar-refractivity contribution is -0.0640. The molecule has 32 heavy (non-hydrogen) atoms. The van der Waals surface area contributed by atoms with Crippen LogP contribution >= 0.6 is 0 Å². The fourth-order valence-corrected chi connectivity index (χ4v) is 9.19. The molecule has 0 bridgehead atoms. The van der Waals surface area contributed by atoms with E-state index in [1.807, 2.05) is 0 Å². The Hall–Kier alpha value is -0.300. The molecule has 4 aliphatic rings. The molecule has 0 aromatic heterocycles. The van der Waals surface area contributed by atoms with E-state index in [9.17, 15) is 0 Å². The second-order valence-corrected chi connectivity index (χ2v) is 13.4. The Bertz CT molecular complexity index is 649. The highest BCUT2D eigenvalue weighted by atomic mass is 16.5. The molecular formula is C31H54O. The first-order chi connectivity index (χ1) is 15.3. The van der Waals surface area contributed by atoms with Gasteiger partial charge in [0, 0.05) is 6.61 Å². The van der Waals surface area contributed by atoms with Gasteiger partial charge in [-0.05, 0) is 104 Å². The van der Waals surface area contributed by atoms with Crippen molar-refractivity contribution in [2.24, 2.45) is 46.3 Å². The van der Waals surface area contributed by atoms with Gasteiger partial charge >= 0.3 is 0 Å². The van der Waals surface area contributed by atoms with E-state index in [1.54, 1.807) is 5.57 Å². The van der Waals surface area contributed by atoms with Crippen LogP contribution in [0.25, 0.3) is 0 Å². The van der Waals surface area contributed by atoms with Gasteiger partial charge in [-0.1, -0.05) is 78.9 Å². The predicted molar refractivity (Wildman–Crippen MR) is 138 cm³/mol. The van der Waals surface area contributed by atoms with Crippen LogP contribution in [0.2, 0.25) is 0 Å². The van der Waals surface area contributed by atoms with E-state index in [1.165, 1.54) is 83.5 Å². The lowest BCUT2D eigenvalue weighted by Gasteiger charge is -2.58. The van der Waals surface area contributed by atoms with Gasteiger partial charge in [-0.15, -0.1) is 0 Å². The first-order valence-electron chi connectivity index (χ1n) is 14.6. The van der Waals surface area contributed by atoms with Gasteiger partial charge in [0.15, 0.2) is 0 Å². The smallest absolute Gasteiger partial charge is 0.0612 e. The summed E-state index contributed by atoms with van der Waals surface area (Å²) in [5.41, 5.74) is 2.86. The van der Waals surface area contributed by atoms with Gasteiger partial charge in [-0.25, -0.2) is 0 Å². The van der Waals surface area contributed by atoms with Crippen LogP contribution in [0.15, 0.2) is 11.6 Å².